The van der Waals surface area contributed by atoms with E-state index in [0.717, 1.165) is 11.1 Å². The number of fused-ring (bicyclic) bond motifs is 1. The lowest BCUT2D eigenvalue weighted by Gasteiger charge is -2.16. The predicted molar refractivity (Wildman–Crippen MR) is 108 cm³/mol. The van der Waals surface area contributed by atoms with Crippen LogP contribution in [0.2, 0.25) is 0 Å². The van der Waals surface area contributed by atoms with Gasteiger partial charge in [-0.3, -0.25) is 9.59 Å². The first-order valence-electron chi connectivity index (χ1n) is 9.24. The van der Waals surface area contributed by atoms with Gasteiger partial charge in [-0.15, -0.1) is 0 Å². The van der Waals surface area contributed by atoms with Crippen LogP contribution in [0.5, 0.6) is 0 Å². The zero-order valence-electron chi connectivity index (χ0n) is 15.9. The second-order valence-corrected chi connectivity index (χ2v) is 7.01. The van der Waals surface area contributed by atoms with Gasteiger partial charge in [-0.25, -0.2) is 9.58 Å². The average Bonchev–Trinajstić information content (AvgIpc) is 3.43. The second kappa shape index (κ2) is 6.31. The highest BCUT2D eigenvalue weighted by atomic mass is 16.3. The molecule has 6 heteroatoms. The minimum absolute atomic E-state index is 0.242. The third-order valence-corrected chi connectivity index (χ3v) is 5.21. The standard InChI is InChI=1S/C23H17N3O3/c1-14-10-11-17(13-15(14)2)25-22(27)19-20(18-9-6-12-29-18)24-26(21(19)23(25)28)16-7-4-3-5-8-16/h3-13H,1-2H3. The molecule has 0 bridgehead atoms. The summed E-state index contributed by atoms with van der Waals surface area (Å²) >= 11 is 0. The van der Waals surface area contributed by atoms with E-state index in [9.17, 15) is 9.59 Å². The fourth-order valence-electron chi connectivity index (χ4n) is 3.57. The van der Waals surface area contributed by atoms with Gasteiger partial charge in [0.15, 0.2) is 5.76 Å². The van der Waals surface area contributed by atoms with Crippen LogP contribution in [-0.4, -0.2) is 21.6 Å². The summed E-state index contributed by atoms with van der Waals surface area (Å²) in [6.45, 7) is 3.95. The van der Waals surface area contributed by atoms with Gasteiger partial charge in [-0.05, 0) is 61.4 Å². The van der Waals surface area contributed by atoms with Crippen molar-refractivity contribution >= 4 is 17.5 Å². The molecular formula is C23H17N3O3. The maximum atomic E-state index is 13.4. The Morgan fingerprint density at radius 3 is 2.31 bits per heavy atom. The Kier molecular flexibility index (Phi) is 3.74. The Morgan fingerprint density at radius 2 is 1.62 bits per heavy atom. The van der Waals surface area contributed by atoms with Crippen molar-refractivity contribution in [2.75, 3.05) is 4.90 Å². The average molecular weight is 383 g/mol. The van der Waals surface area contributed by atoms with Gasteiger partial charge in [0.1, 0.15) is 17.0 Å². The smallest absolute Gasteiger partial charge is 0.284 e. The van der Waals surface area contributed by atoms with E-state index in [1.165, 1.54) is 15.8 Å². The van der Waals surface area contributed by atoms with Crippen LogP contribution >= 0.6 is 0 Å². The van der Waals surface area contributed by atoms with E-state index in [-0.39, 0.29) is 11.3 Å². The van der Waals surface area contributed by atoms with Gasteiger partial charge in [0, 0.05) is 0 Å². The molecule has 0 saturated carbocycles. The Morgan fingerprint density at radius 1 is 0.828 bits per heavy atom. The van der Waals surface area contributed by atoms with E-state index in [4.69, 9.17) is 4.42 Å². The zero-order chi connectivity index (χ0) is 20.1. The monoisotopic (exact) mass is 383 g/mol. The predicted octanol–water partition coefficient (Wildman–Crippen LogP) is 4.55. The fraction of sp³-hybridized carbons (Fsp3) is 0.0870. The van der Waals surface area contributed by atoms with Gasteiger partial charge in [-0.2, -0.15) is 5.10 Å². The van der Waals surface area contributed by atoms with Crippen LogP contribution in [-0.2, 0) is 0 Å². The van der Waals surface area contributed by atoms with E-state index < -0.39 is 11.8 Å². The van der Waals surface area contributed by atoms with Crippen LogP contribution < -0.4 is 4.90 Å². The maximum Gasteiger partial charge on any atom is 0.284 e. The molecule has 0 radical (unpaired) electrons. The first-order chi connectivity index (χ1) is 14.1. The molecule has 0 spiro atoms. The summed E-state index contributed by atoms with van der Waals surface area (Å²) < 4.78 is 7.02. The lowest BCUT2D eigenvalue weighted by Crippen LogP contribution is -2.31. The molecule has 5 rings (SSSR count). The van der Waals surface area contributed by atoms with Gasteiger partial charge >= 0.3 is 0 Å². The number of anilines is 1. The number of nitrogens with zero attached hydrogens (tertiary/aromatic N) is 3. The van der Waals surface area contributed by atoms with Crippen molar-refractivity contribution < 1.29 is 14.0 Å². The van der Waals surface area contributed by atoms with Gasteiger partial charge in [-0.1, -0.05) is 24.3 Å². The number of rotatable bonds is 3. The van der Waals surface area contributed by atoms with Crippen LogP contribution in [0.4, 0.5) is 5.69 Å². The molecule has 0 atom stereocenters. The van der Waals surface area contributed by atoms with E-state index in [1.807, 2.05) is 56.3 Å². The van der Waals surface area contributed by atoms with Gasteiger partial charge < -0.3 is 4.42 Å². The van der Waals surface area contributed by atoms with Crippen molar-refractivity contribution in [2.45, 2.75) is 13.8 Å². The van der Waals surface area contributed by atoms with Crippen LogP contribution in [0.25, 0.3) is 17.1 Å². The summed E-state index contributed by atoms with van der Waals surface area (Å²) in [5.74, 6) is -0.358. The minimum Gasteiger partial charge on any atom is -0.463 e. The lowest BCUT2D eigenvalue weighted by atomic mass is 10.1. The number of amides is 2. The number of aryl methyl sites for hydroxylation is 2. The third kappa shape index (κ3) is 2.53. The van der Waals surface area contributed by atoms with Crippen LogP contribution in [0.3, 0.4) is 0 Å². The number of para-hydroxylation sites is 1. The second-order valence-electron chi connectivity index (χ2n) is 7.01. The van der Waals surface area contributed by atoms with E-state index >= 15 is 0 Å². The summed E-state index contributed by atoms with van der Waals surface area (Å²) in [4.78, 5) is 28.0. The molecule has 2 aromatic heterocycles. The summed E-state index contributed by atoms with van der Waals surface area (Å²) in [5, 5.41) is 4.56. The van der Waals surface area contributed by atoms with Crippen LogP contribution in [0, 0.1) is 13.8 Å². The molecular weight excluding hydrogens is 366 g/mol. The Balaban J connectivity index is 1.73. The summed E-state index contributed by atoms with van der Waals surface area (Å²) in [6, 6.07) is 18.3. The molecule has 0 unspecified atom stereocenters. The lowest BCUT2D eigenvalue weighted by molar-refractivity contribution is 0.0922. The number of imide groups is 1. The van der Waals surface area contributed by atoms with Crippen molar-refractivity contribution in [3.8, 4) is 17.1 Å². The summed E-state index contributed by atoms with van der Waals surface area (Å²) in [7, 11) is 0. The number of furan rings is 1. The minimum atomic E-state index is -0.401. The summed E-state index contributed by atoms with van der Waals surface area (Å²) in [5.41, 5.74) is 4.21. The molecule has 0 aliphatic carbocycles. The van der Waals surface area contributed by atoms with E-state index in [1.54, 1.807) is 18.2 Å². The Labute approximate surface area is 167 Å². The van der Waals surface area contributed by atoms with Crippen molar-refractivity contribution in [1.29, 1.82) is 0 Å². The largest absolute Gasteiger partial charge is 0.463 e. The zero-order valence-corrected chi connectivity index (χ0v) is 15.9. The van der Waals surface area contributed by atoms with Crippen molar-refractivity contribution in [3.63, 3.8) is 0 Å². The molecule has 0 N–H and O–H groups in total. The fourth-order valence-corrected chi connectivity index (χ4v) is 3.57. The molecule has 29 heavy (non-hydrogen) atoms. The van der Waals surface area contributed by atoms with Crippen molar-refractivity contribution in [3.05, 3.63) is 89.3 Å². The summed E-state index contributed by atoms with van der Waals surface area (Å²) in [6.07, 6.45) is 1.52. The molecule has 2 aromatic carbocycles. The van der Waals surface area contributed by atoms with Crippen LogP contribution in [0.15, 0.2) is 71.3 Å². The van der Waals surface area contributed by atoms with Gasteiger partial charge in [0.05, 0.1) is 17.6 Å². The highest BCUT2D eigenvalue weighted by molar-refractivity contribution is 6.35. The Bertz CT molecular complexity index is 1250. The number of hydrogen-bond donors (Lipinski definition) is 0. The highest BCUT2D eigenvalue weighted by Crippen LogP contribution is 2.36. The number of aromatic nitrogens is 2. The quantitative estimate of drug-likeness (QED) is 0.487. The number of benzene rings is 2. The molecule has 4 aromatic rings. The molecule has 142 valence electrons. The first kappa shape index (κ1) is 17.2. The van der Waals surface area contributed by atoms with E-state index in [0.29, 0.717) is 22.8 Å². The number of carbonyl (C=O) groups excluding carboxylic acids is 2. The molecule has 1 aliphatic heterocycles. The maximum absolute atomic E-state index is 13.4. The molecule has 2 amide bonds. The van der Waals surface area contributed by atoms with Crippen molar-refractivity contribution in [2.24, 2.45) is 0 Å². The topological polar surface area (TPSA) is 68.3 Å². The highest BCUT2D eigenvalue weighted by Gasteiger charge is 2.44. The molecule has 0 saturated heterocycles. The number of carbonyl (C=O) groups is 2. The van der Waals surface area contributed by atoms with Gasteiger partial charge in [0.25, 0.3) is 11.8 Å². The third-order valence-electron chi connectivity index (χ3n) is 5.21. The first-order valence-corrected chi connectivity index (χ1v) is 9.24. The SMILES string of the molecule is Cc1ccc(N2C(=O)c3c(-c4ccco4)nn(-c4ccccc4)c3C2=O)cc1C. The van der Waals surface area contributed by atoms with E-state index in [2.05, 4.69) is 5.10 Å². The molecule has 6 nitrogen and oxygen atoms in total. The molecule has 3 heterocycles. The van der Waals surface area contributed by atoms with Crippen LogP contribution in [0.1, 0.15) is 32.0 Å². The van der Waals surface area contributed by atoms with Gasteiger partial charge in [0.2, 0.25) is 0 Å². The van der Waals surface area contributed by atoms with Crippen molar-refractivity contribution in [1.82, 2.24) is 9.78 Å². The molecule has 0 fully saturated rings. The molecule has 1 aliphatic rings. The normalized spacial score (nSPS) is 13.2. The number of hydrogen-bond acceptors (Lipinski definition) is 4. The Hall–Kier alpha value is -3.93.